The summed E-state index contributed by atoms with van der Waals surface area (Å²) in [6.07, 6.45) is -4.39. The van der Waals surface area contributed by atoms with Gasteiger partial charge in [0.1, 0.15) is 6.04 Å². The molecule has 0 unspecified atom stereocenters. The maximum absolute atomic E-state index is 13.2. The normalized spacial score (nSPS) is 18.8. The van der Waals surface area contributed by atoms with Crippen molar-refractivity contribution in [2.75, 3.05) is 0 Å². The third-order valence-electron chi connectivity index (χ3n) is 4.94. The average molecular weight is 395 g/mol. The Balaban J connectivity index is 1.57. The number of guanidine groups is 1. The van der Waals surface area contributed by atoms with Gasteiger partial charge in [0, 0.05) is 6.54 Å². The van der Waals surface area contributed by atoms with Crippen LogP contribution in [0.2, 0.25) is 0 Å². The van der Waals surface area contributed by atoms with Crippen molar-refractivity contribution < 1.29 is 13.2 Å². The van der Waals surface area contributed by atoms with Crippen LogP contribution < -0.4 is 10.6 Å². The van der Waals surface area contributed by atoms with E-state index in [0.29, 0.717) is 5.96 Å². The lowest BCUT2D eigenvalue weighted by molar-refractivity contribution is -0.138. The van der Waals surface area contributed by atoms with Crippen molar-refractivity contribution in [2.45, 2.75) is 24.8 Å². The van der Waals surface area contributed by atoms with Crippen molar-refractivity contribution in [3.63, 3.8) is 0 Å². The van der Waals surface area contributed by atoms with Gasteiger partial charge in [0.25, 0.3) is 0 Å². The van der Waals surface area contributed by atoms with E-state index in [9.17, 15) is 13.2 Å². The molecule has 0 aliphatic carbocycles. The molecule has 0 bridgehead atoms. The molecule has 0 fully saturated rings. The van der Waals surface area contributed by atoms with Crippen LogP contribution in [0.3, 0.4) is 0 Å². The van der Waals surface area contributed by atoms with Crippen LogP contribution in [0.15, 0.2) is 89.9 Å². The first-order valence-corrected chi connectivity index (χ1v) is 9.35. The van der Waals surface area contributed by atoms with Gasteiger partial charge in [-0.15, -0.1) is 0 Å². The molecular weight excluding hydrogens is 375 g/mol. The summed E-state index contributed by atoms with van der Waals surface area (Å²) in [5.41, 5.74) is 1.66. The molecule has 2 N–H and O–H groups in total. The number of nitrogens with one attached hydrogen (secondary N) is 2. The molecule has 1 aliphatic rings. The number of nitrogens with zero attached hydrogens (tertiary/aromatic N) is 1. The maximum Gasteiger partial charge on any atom is 0.416 e. The monoisotopic (exact) mass is 395 g/mol. The van der Waals surface area contributed by atoms with Crippen LogP contribution >= 0.6 is 0 Å². The SMILES string of the molecule is FC(F)(F)c1ccccc1CNC1=N[C@@H](c2ccccc2)[C@H](c2ccccc2)N1. The molecule has 0 radical (unpaired) electrons. The number of hydrogen-bond acceptors (Lipinski definition) is 3. The molecule has 0 amide bonds. The van der Waals surface area contributed by atoms with Gasteiger partial charge >= 0.3 is 6.18 Å². The van der Waals surface area contributed by atoms with E-state index in [1.165, 1.54) is 12.1 Å². The van der Waals surface area contributed by atoms with Gasteiger partial charge in [-0.2, -0.15) is 13.2 Å². The second-order valence-electron chi connectivity index (χ2n) is 6.87. The van der Waals surface area contributed by atoms with Gasteiger partial charge in [0.15, 0.2) is 5.96 Å². The third-order valence-corrected chi connectivity index (χ3v) is 4.94. The molecular formula is C23H20F3N3. The number of alkyl halides is 3. The van der Waals surface area contributed by atoms with Crippen LogP contribution in [0.5, 0.6) is 0 Å². The fourth-order valence-corrected chi connectivity index (χ4v) is 3.55. The van der Waals surface area contributed by atoms with Gasteiger partial charge in [-0.1, -0.05) is 78.9 Å². The van der Waals surface area contributed by atoms with Crippen LogP contribution in [-0.2, 0) is 12.7 Å². The highest BCUT2D eigenvalue weighted by Crippen LogP contribution is 2.36. The predicted molar refractivity (Wildman–Crippen MR) is 107 cm³/mol. The lowest BCUT2D eigenvalue weighted by Gasteiger charge is -2.19. The highest BCUT2D eigenvalue weighted by molar-refractivity contribution is 5.82. The van der Waals surface area contributed by atoms with Gasteiger partial charge < -0.3 is 10.6 Å². The number of rotatable bonds is 4. The fourth-order valence-electron chi connectivity index (χ4n) is 3.55. The zero-order valence-electron chi connectivity index (χ0n) is 15.5. The standard InChI is InChI=1S/C23H20F3N3/c24-23(25,26)19-14-8-7-13-18(19)15-27-22-28-20(16-9-3-1-4-10-16)21(29-22)17-11-5-2-6-12-17/h1-14,20-21H,15H2,(H2,27,28,29)/t20-,21-/m0/s1. The smallest absolute Gasteiger partial charge is 0.352 e. The van der Waals surface area contributed by atoms with Gasteiger partial charge in [-0.05, 0) is 22.8 Å². The molecule has 6 heteroatoms. The van der Waals surface area contributed by atoms with Gasteiger partial charge in [-0.3, -0.25) is 0 Å². The Bertz CT molecular complexity index is 985. The van der Waals surface area contributed by atoms with E-state index in [1.807, 2.05) is 60.7 Å². The van der Waals surface area contributed by atoms with Crippen LogP contribution in [0, 0.1) is 0 Å². The van der Waals surface area contributed by atoms with E-state index in [-0.39, 0.29) is 24.2 Å². The highest BCUT2D eigenvalue weighted by atomic mass is 19.4. The zero-order chi connectivity index (χ0) is 20.3. The first-order chi connectivity index (χ1) is 14.0. The lowest BCUT2D eigenvalue weighted by Crippen LogP contribution is -2.35. The maximum atomic E-state index is 13.2. The predicted octanol–water partition coefficient (Wildman–Crippen LogP) is 5.24. The van der Waals surface area contributed by atoms with Crippen LogP contribution in [0.4, 0.5) is 13.2 Å². The van der Waals surface area contributed by atoms with Crippen molar-refractivity contribution in [1.82, 2.24) is 10.6 Å². The summed E-state index contributed by atoms with van der Waals surface area (Å²) in [4.78, 5) is 4.74. The first kappa shape index (κ1) is 19.1. The van der Waals surface area contributed by atoms with E-state index in [2.05, 4.69) is 10.6 Å². The van der Waals surface area contributed by atoms with Crippen molar-refractivity contribution in [1.29, 1.82) is 0 Å². The summed E-state index contributed by atoms with van der Waals surface area (Å²) in [7, 11) is 0. The van der Waals surface area contributed by atoms with Gasteiger partial charge in [0.2, 0.25) is 0 Å². The van der Waals surface area contributed by atoms with Crippen molar-refractivity contribution in [2.24, 2.45) is 4.99 Å². The molecule has 1 aliphatic heterocycles. The van der Waals surface area contributed by atoms with Crippen LogP contribution in [-0.4, -0.2) is 5.96 Å². The highest BCUT2D eigenvalue weighted by Gasteiger charge is 2.34. The summed E-state index contributed by atoms with van der Waals surface area (Å²) < 4.78 is 39.7. The van der Waals surface area contributed by atoms with E-state index in [4.69, 9.17) is 4.99 Å². The van der Waals surface area contributed by atoms with Gasteiger partial charge in [-0.25, -0.2) is 4.99 Å². The van der Waals surface area contributed by atoms with Crippen molar-refractivity contribution >= 4 is 5.96 Å². The average Bonchev–Trinajstić information content (AvgIpc) is 3.17. The molecule has 3 nitrogen and oxygen atoms in total. The molecule has 0 spiro atoms. The molecule has 3 aromatic carbocycles. The largest absolute Gasteiger partial charge is 0.416 e. The third kappa shape index (κ3) is 4.26. The Morgan fingerprint density at radius 2 is 1.38 bits per heavy atom. The molecule has 148 valence electrons. The summed E-state index contributed by atoms with van der Waals surface area (Å²) in [5.74, 6) is 0.490. The van der Waals surface area contributed by atoms with E-state index in [1.54, 1.807) is 6.07 Å². The first-order valence-electron chi connectivity index (χ1n) is 9.35. The molecule has 1 heterocycles. The minimum Gasteiger partial charge on any atom is -0.352 e. The summed E-state index contributed by atoms with van der Waals surface area (Å²) in [6, 6.07) is 25.1. The zero-order valence-corrected chi connectivity index (χ0v) is 15.5. The lowest BCUT2D eigenvalue weighted by atomic mass is 9.95. The Kier molecular flexibility index (Phi) is 5.25. The summed E-state index contributed by atoms with van der Waals surface area (Å²) in [5, 5.41) is 6.39. The Morgan fingerprint density at radius 1 is 0.793 bits per heavy atom. The van der Waals surface area contributed by atoms with E-state index in [0.717, 1.165) is 17.2 Å². The van der Waals surface area contributed by atoms with E-state index < -0.39 is 11.7 Å². The minimum absolute atomic E-state index is 0.0323. The Labute approximate surface area is 167 Å². The Hall–Kier alpha value is -3.28. The number of aliphatic imine (C=N–C) groups is 1. The number of benzene rings is 3. The topological polar surface area (TPSA) is 36.4 Å². The quantitative estimate of drug-likeness (QED) is 0.634. The molecule has 2 atom stereocenters. The molecule has 0 aromatic heterocycles. The van der Waals surface area contributed by atoms with Crippen LogP contribution in [0.1, 0.15) is 34.3 Å². The van der Waals surface area contributed by atoms with Crippen molar-refractivity contribution in [3.05, 3.63) is 107 Å². The number of halogens is 3. The van der Waals surface area contributed by atoms with E-state index >= 15 is 0 Å². The van der Waals surface area contributed by atoms with Crippen molar-refractivity contribution in [3.8, 4) is 0 Å². The fraction of sp³-hybridized carbons (Fsp3) is 0.174. The minimum atomic E-state index is -4.39. The molecule has 0 saturated carbocycles. The second kappa shape index (κ2) is 7.99. The Morgan fingerprint density at radius 3 is 2.03 bits per heavy atom. The van der Waals surface area contributed by atoms with Gasteiger partial charge in [0.05, 0.1) is 11.6 Å². The molecule has 29 heavy (non-hydrogen) atoms. The molecule has 4 rings (SSSR count). The second-order valence-corrected chi connectivity index (χ2v) is 6.87. The van der Waals surface area contributed by atoms with Crippen LogP contribution in [0.25, 0.3) is 0 Å². The molecule has 3 aromatic rings. The summed E-state index contributed by atoms with van der Waals surface area (Å²) >= 11 is 0. The summed E-state index contributed by atoms with van der Waals surface area (Å²) in [6.45, 7) is 0.0323. The molecule has 0 saturated heterocycles. The number of hydrogen-bond donors (Lipinski definition) is 2.